The first kappa shape index (κ1) is 16.1. The summed E-state index contributed by atoms with van der Waals surface area (Å²) in [7, 11) is 3.50. The molecule has 0 saturated carbocycles. The topological polar surface area (TPSA) is 29.5 Å². The maximum absolute atomic E-state index is 12.5. The van der Waals surface area contributed by atoms with Gasteiger partial charge in [-0.2, -0.15) is 13.2 Å². The molecule has 0 fully saturated rings. The Balaban J connectivity index is 2.76. The highest BCUT2D eigenvalue weighted by molar-refractivity contribution is 5.93. The van der Waals surface area contributed by atoms with Gasteiger partial charge >= 0.3 is 6.18 Å². The van der Waals surface area contributed by atoms with Crippen LogP contribution in [0.15, 0.2) is 36.5 Å². The van der Waals surface area contributed by atoms with Crippen molar-refractivity contribution in [1.29, 1.82) is 0 Å². The Morgan fingerprint density at radius 3 is 2.55 bits per heavy atom. The molecule has 110 valence electrons. The predicted molar refractivity (Wildman–Crippen MR) is 69.4 cm³/mol. The third-order valence-corrected chi connectivity index (χ3v) is 2.41. The zero-order chi connectivity index (χ0) is 15.3. The molecule has 0 amide bonds. The molecular formula is C14H16F3NO2. The van der Waals surface area contributed by atoms with Gasteiger partial charge < -0.3 is 9.64 Å². The molecule has 1 rings (SSSR count). The zero-order valence-electron chi connectivity index (χ0n) is 11.4. The number of carbonyl (C=O) groups is 1. The van der Waals surface area contributed by atoms with E-state index in [-0.39, 0.29) is 11.5 Å². The second-order valence-corrected chi connectivity index (χ2v) is 4.47. The molecule has 0 spiro atoms. The molecule has 0 aromatic heterocycles. The summed E-state index contributed by atoms with van der Waals surface area (Å²) in [6.45, 7) is 1.49. The zero-order valence-corrected chi connectivity index (χ0v) is 11.4. The Kier molecular flexibility index (Phi) is 5.19. The lowest BCUT2D eigenvalue weighted by Gasteiger charge is -2.14. The van der Waals surface area contributed by atoms with E-state index in [9.17, 15) is 18.0 Å². The lowest BCUT2D eigenvalue weighted by atomic mass is 10.2. The minimum Gasteiger partial charge on any atom is -0.483 e. The number of halogens is 3. The third-order valence-electron chi connectivity index (χ3n) is 2.41. The molecule has 3 nitrogen and oxygen atoms in total. The molecule has 1 atom stereocenters. The molecule has 0 N–H and O–H groups in total. The van der Waals surface area contributed by atoms with Gasteiger partial charge in [0.15, 0.2) is 11.9 Å². The highest BCUT2D eigenvalue weighted by Crippen LogP contribution is 2.31. The van der Waals surface area contributed by atoms with E-state index >= 15 is 0 Å². The van der Waals surface area contributed by atoms with Crippen molar-refractivity contribution in [1.82, 2.24) is 4.90 Å². The number of ether oxygens (including phenoxy) is 1. The second-order valence-electron chi connectivity index (χ2n) is 4.47. The standard InChI is InChI=1S/C14H16F3NO2/c1-10(13(19)7-8-18(2)3)20-12-6-4-5-11(9-12)14(15,16)17/h4-10H,1-3H3/b8-7+/t10-/m1/s1. The lowest BCUT2D eigenvalue weighted by molar-refractivity contribution is -0.137. The molecule has 0 aliphatic heterocycles. The number of hydrogen-bond acceptors (Lipinski definition) is 3. The summed E-state index contributed by atoms with van der Waals surface area (Å²) < 4.78 is 42.8. The fourth-order valence-electron chi connectivity index (χ4n) is 1.37. The summed E-state index contributed by atoms with van der Waals surface area (Å²) in [5.74, 6) is -0.310. The average molecular weight is 287 g/mol. The minimum atomic E-state index is -4.43. The van der Waals surface area contributed by atoms with Crippen LogP contribution in [0.4, 0.5) is 13.2 Å². The van der Waals surface area contributed by atoms with Crippen molar-refractivity contribution in [2.75, 3.05) is 14.1 Å². The smallest absolute Gasteiger partial charge is 0.416 e. The summed E-state index contributed by atoms with van der Waals surface area (Å²) in [6, 6.07) is 4.45. The summed E-state index contributed by atoms with van der Waals surface area (Å²) in [5.41, 5.74) is -0.807. The number of benzene rings is 1. The van der Waals surface area contributed by atoms with Gasteiger partial charge in [-0.05, 0) is 25.1 Å². The monoisotopic (exact) mass is 287 g/mol. The van der Waals surface area contributed by atoms with E-state index in [1.807, 2.05) is 0 Å². The Morgan fingerprint density at radius 2 is 2.00 bits per heavy atom. The van der Waals surface area contributed by atoms with Crippen molar-refractivity contribution in [2.45, 2.75) is 19.2 Å². The summed E-state index contributed by atoms with van der Waals surface area (Å²) in [6.07, 6.45) is -2.42. The van der Waals surface area contributed by atoms with E-state index < -0.39 is 17.8 Å². The molecule has 0 bridgehead atoms. The predicted octanol–water partition coefficient (Wildman–Crippen LogP) is 3.12. The molecule has 0 heterocycles. The molecule has 0 saturated heterocycles. The molecular weight excluding hydrogens is 271 g/mol. The summed E-state index contributed by atoms with van der Waals surface area (Å²) >= 11 is 0. The Hall–Kier alpha value is -1.98. The molecule has 0 aliphatic carbocycles. The van der Waals surface area contributed by atoms with Gasteiger partial charge in [-0.25, -0.2) is 0 Å². The van der Waals surface area contributed by atoms with Crippen molar-refractivity contribution in [3.63, 3.8) is 0 Å². The van der Waals surface area contributed by atoms with Crippen LogP contribution in [0.3, 0.4) is 0 Å². The first-order valence-electron chi connectivity index (χ1n) is 5.92. The highest BCUT2D eigenvalue weighted by Gasteiger charge is 2.30. The molecule has 0 aliphatic rings. The quantitative estimate of drug-likeness (QED) is 0.779. The normalized spacial score (nSPS) is 13.3. The van der Waals surface area contributed by atoms with Crippen molar-refractivity contribution in [3.05, 3.63) is 42.1 Å². The van der Waals surface area contributed by atoms with Crippen LogP contribution in [0.1, 0.15) is 12.5 Å². The Morgan fingerprint density at radius 1 is 1.35 bits per heavy atom. The number of carbonyl (C=O) groups excluding carboxylic acids is 1. The van der Waals surface area contributed by atoms with Gasteiger partial charge in [-0.3, -0.25) is 4.79 Å². The Labute approximate surface area is 115 Å². The van der Waals surface area contributed by atoms with E-state index in [1.54, 1.807) is 25.2 Å². The number of rotatable bonds is 5. The molecule has 0 unspecified atom stereocenters. The van der Waals surface area contributed by atoms with E-state index in [2.05, 4.69) is 0 Å². The van der Waals surface area contributed by atoms with Gasteiger partial charge in [-0.15, -0.1) is 0 Å². The maximum Gasteiger partial charge on any atom is 0.416 e. The fourth-order valence-corrected chi connectivity index (χ4v) is 1.37. The van der Waals surface area contributed by atoms with Gasteiger partial charge in [0.1, 0.15) is 5.75 Å². The summed E-state index contributed by atoms with van der Waals surface area (Å²) in [5, 5.41) is 0. The minimum absolute atomic E-state index is 0.0129. The van der Waals surface area contributed by atoms with E-state index in [1.165, 1.54) is 25.1 Å². The van der Waals surface area contributed by atoms with Crippen molar-refractivity contribution >= 4 is 5.78 Å². The second kappa shape index (κ2) is 6.45. The summed E-state index contributed by atoms with van der Waals surface area (Å²) in [4.78, 5) is 13.3. The van der Waals surface area contributed by atoms with Crippen LogP contribution in [-0.4, -0.2) is 30.9 Å². The number of ketones is 1. The van der Waals surface area contributed by atoms with Crippen LogP contribution in [0.25, 0.3) is 0 Å². The average Bonchev–Trinajstić information content (AvgIpc) is 2.35. The third kappa shape index (κ3) is 4.95. The van der Waals surface area contributed by atoms with Gasteiger partial charge in [0.05, 0.1) is 5.56 Å². The first-order chi connectivity index (χ1) is 9.20. The van der Waals surface area contributed by atoms with Crippen LogP contribution in [0, 0.1) is 0 Å². The van der Waals surface area contributed by atoms with Crippen LogP contribution < -0.4 is 4.74 Å². The van der Waals surface area contributed by atoms with Crippen LogP contribution in [0.2, 0.25) is 0 Å². The van der Waals surface area contributed by atoms with Crippen molar-refractivity contribution < 1.29 is 22.7 Å². The van der Waals surface area contributed by atoms with Gasteiger partial charge in [0.25, 0.3) is 0 Å². The van der Waals surface area contributed by atoms with Gasteiger partial charge in [0, 0.05) is 26.4 Å². The molecule has 6 heteroatoms. The van der Waals surface area contributed by atoms with Crippen molar-refractivity contribution in [2.24, 2.45) is 0 Å². The molecule has 20 heavy (non-hydrogen) atoms. The van der Waals surface area contributed by atoms with Gasteiger partial charge in [-0.1, -0.05) is 6.07 Å². The number of hydrogen-bond donors (Lipinski definition) is 0. The van der Waals surface area contributed by atoms with E-state index in [0.717, 1.165) is 12.1 Å². The fraction of sp³-hybridized carbons (Fsp3) is 0.357. The van der Waals surface area contributed by atoms with Crippen LogP contribution in [-0.2, 0) is 11.0 Å². The first-order valence-corrected chi connectivity index (χ1v) is 5.92. The lowest BCUT2D eigenvalue weighted by Crippen LogP contribution is -2.22. The van der Waals surface area contributed by atoms with Crippen LogP contribution in [0.5, 0.6) is 5.75 Å². The SMILES string of the molecule is C[C@@H](Oc1cccc(C(F)(F)F)c1)C(=O)/C=C/N(C)C. The van der Waals surface area contributed by atoms with Crippen LogP contribution >= 0.6 is 0 Å². The van der Waals surface area contributed by atoms with Crippen molar-refractivity contribution in [3.8, 4) is 5.75 Å². The van der Waals surface area contributed by atoms with Gasteiger partial charge in [0.2, 0.25) is 0 Å². The Bertz CT molecular complexity index is 495. The molecule has 1 aromatic carbocycles. The largest absolute Gasteiger partial charge is 0.483 e. The highest BCUT2D eigenvalue weighted by atomic mass is 19.4. The van der Waals surface area contributed by atoms with E-state index in [4.69, 9.17) is 4.74 Å². The molecule has 0 radical (unpaired) electrons. The number of alkyl halides is 3. The maximum atomic E-state index is 12.5. The van der Waals surface area contributed by atoms with E-state index in [0.29, 0.717) is 0 Å². The number of nitrogens with zero attached hydrogens (tertiary/aromatic N) is 1. The molecule has 1 aromatic rings.